The van der Waals surface area contributed by atoms with E-state index in [1.807, 2.05) is 0 Å². The second kappa shape index (κ2) is 1.90. The Morgan fingerprint density at radius 2 is 1.50 bits per heavy atom. The van der Waals surface area contributed by atoms with Gasteiger partial charge < -0.3 is 4.74 Å². The lowest BCUT2D eigenvalue weighted by molar-refractivity contribution is -0.154. The van der Waals surface area contributed by atoms with Gasteiger partial charge in [-0.3, -0.25) is 9.59 Å². The molecular weight excluding hydrogens is 156 g/mol. The smallest absolute Gasteiger partial charge is 0.317 e. The standard InChI is InChI=1S/C9H10O3/c10-8-6-4-1-2-5(3-4)7(6)9(11)12-8/h4-7H,1-3H2/t4-,5-,6-,7+/m0/s1. The molecular formula is C9H10O3. The van der Waals surface area contributed by atoms with Gasteiger partial charge in [-0.15, -0.1) is 0 Å². The van der Waals surface area contributed by atoms with Crippen LogP contribution in [-0.4, -0.2) is 11.9 Å². The third-order valence-electron chi connectivity index (χ3n) is 3.66. The summed E-state index contributed by atoms with van der Waals surface area (Å²) >= 11 is 0. The molecule has 0 aromatic carbocycles. The molecule has 0 spiro atoms. The molecule has 4 atom stereocenters. The highest BCUT2D eigenvalue weighted by Crippen LogP contribution is 2.55. The van der Waals surface area contributed by atoms with Gasteiger partial charge in [-0.1, -0.05) is 0 Å². The molecule has 12 heavy (non-hydrogen) atoms. The lowest BCUT2D eigenvalue weighted by Crippen LogP contribution is -2.24. The van der Waals surface area contributed by atoms with Crippen molar-refractivity contribution in [1.29, 1.82) is 0 Å². The Morgan fingerprint density at radius 3 is 2.00 bits per heavy atom. The van der Waals surface area contributed by atoms with Crippen LogP contribution in [0.5, 0.6) is 0 Å². The molecule has 1 aliphatic heterocycles. The van der Waals surface area contributed by atoms with E-state index in [-0.39, 0.29) is 23.8 Å². The van der Waals surface area contributed by atoms with Gasteiger partial charge in [0.25, 0.3) is 0 Å². The number of esters is 2. The summed E-state index contributed by atoms with van der Waals surface area (Å²) in [6, 6.07) is 0. The third-order valence-corrected chi connectivity index (χ3v) is 3.66. The van der Waals surface area contributed by atoms with E-state index < -0.39 is 0 Å². The molecule has 0 amide bonds. The van der Waals surface area contributed by atoms with E-state index in [4.69, 9.17) is 0 Å². The monoisotopic (exact) mass is 166 g/mol. The van der Waals surface area contributed by atoms with Gasteiger partial charge in [0.2, 0.25) is 0 Å². The first-order chi connectivity index (χ1) is 5.77. The van der Waals surface area contributed by atoms with E-state index in [1.165, 1.54) is 0 Å². The number of fused-ring (bicyclic) bond motifs is 5. The van der Waals surface area contributed by atoms with Crippen LogP contribution in [0.4, 0.5) is 0 Å². The molecule has 0 aromatic rings. The van der Waals surface area contributed by atoms with Gasteiger partial charge in [-0.25, -0.2) is 0 Å². The Balaban J connectivity index is 2.03. The van der Waals surface area contributed by atoms with Crippen molar-refractivity contribution in [2.24, 2.45) is 23.7 Å². The summed E-state index contributed by atoms with van der Waals surface area (Å²) in [5, 5.41) is 0. The van der Waals surface area contributed by atoms with Crippen LogP contribution >= 0.6 is 0 Å². The average molecular weight is 166 g/mol. The topological polar surface area (TPSA) is 43.4 Å². The quantitative estimate of drug-likeness (QED) is 0.393. The first-order valence-electron chi connectivity index (χ1n) is 4.53. The van der Waals surface area contributed by atoms with Crippen molar-refractivity contribution in [3.63, 3.8) is 0 Å². The Bertz CT molecular complexity index is 245. The molecule has 0 unspecified atom stereocenters. The van der Waals surface area contributed by atoms with Crippen molar-refractivity contribution >= 4 is 11.9 Å². The third kappa shape index (κ3) is 0.586. The summed E-state index contributed by atoms with van der Waals surface area (Å²) in [6.07, 6.45) is 3.32. The van der Waals surface area contributed by atoms with Crippen molar-refractivity contribution < 1.29 is 14.3 Å². The highest BCUT2D eigenvalue weighted by Gasteiger charge is 2.59. The van der Waals surface area contributed by atoms with E-state index in [2.05, 4.69) is 4.74 Å². The minimum Gasteiger partial charge on any atom is -0.393 e. The highest BCUT2D eigenvalue weighted by atomic mass is 16.6. The van der Waals surface area contributed by atoms with Gasteiger partial charge in [-0.2, -0.15) is 0 Å². The summed E-state index contributed by atoms with van der Waals surface area (Å²) < 4.78 is 4.63. The fourth-order valence-corrected chi connectivity index (χ4v) is 3.20. The predicted octanol–water partition coefficient (Wildman–Crippen LogP) is 0.732. The second-order valence-corrected chi connectivity index (χ2v) is 4.12. The van der Waals surface area contributed by atoms with Crippen LogP contribution in [0, 0.1) is 23.7 Å². The number of rotatable bonds is 0. The zero-order valence-corrected chi connectivity index (χ0v) is 6.66. The number of cyclic esters (lactones) is 2. The van der Waals surface area contributed by atoms with Crippen LogP contribution < -0.4 is 0 Å². The number of hydrogen-bond donors (Lipinski definition) is 0. The molecule has 2 saturated carbocycles. The molecule has 3 aliphatic rings. The van der Waals surface area contributed by atoms with Crippen molar-refractivity contribution in [1.82, 2.24) is 0 Å². The van der Waals surface area contributed by atoms with Crippen molar-refractivity contribution in [2.45, 2.75) is 19.3 Å². The van der Waals surface area contributed by atoms with Crippen LogP contribution in [0.15, 0.2) is 0 Å². The van der Waals surface area contributed by atoms with Crippen LogP contribution in [0.1, 0.15) is 19.3 Å². The van der Waals surface area contributed by atoms with Crippen molar-refractivity contribution in [3.05, 3.63) is 0 Å². The van der Waals surface area contributed by atoms with E-state index >= 15 is 0 Å². The molecule has 0 aromatic heterocycles. The molecule has 3 fully saturated rings. The molecule has 3 rings (SSSR count). The molecule has 3 heteroatoms. The number of hydrogen-bond acceptors (Lipinski definition) is 3. The zero-order valence-electron chi connectivity index (χ0n) is 6.66. The van der Waals surface area contributed by atoms with Gasteiger partial charge in [0, 0.05) is 0 Å². The van der Waals surface area contributed by atoms with Gasteiger partial charge in [0.1, 0.15) is 0 Å². The van der Waals surface area contributed by atoms with E-state index in [0.29, 0.717) is 11.8 Å². The molecule has 3 nitrogen and oxygen atoms in total. The van der Waals surface area contributed by atoms with Gasteiger partial charge in [0.05, 0.1) is 11.8 Å². The largest absolute Gasteiger partial charge is 0.393 e. The van der Waals surface area contributed by atoms with Gasteiger partial charge >= 0.3 is 11.9 Å². The maximum absolute atomic E-state index is 11.2. The molecule has 1 saturated heterocycles. The lowest BCUT2D eigenvalue weighted by Gasteiger charge is -2.17. The molecule has 2 bridgehead atoms. The first-order valence-corrected chi connectivity index (χ1v) is 4.53. The minimum absolute atomic E-state index is 0.0590. The van der Waals surface area contributed by atoms with Crippen molar-refractivity contribution in [3.8, 4) is 0 Å². The maximum atomic E-state index is 11.2. The van der Waals surface area contributed by atoms with Crippen LogP contribution in [0.3, 0.4) is 0 Å². The van der Waals surface area contributed by atoms with Crippen LogP contribution in [0.2, 0.25) is 0 Å². The summed E-state index contributed by atoms with van der Waals surface area (Å²) in [6.45, 7) is 0. The Kier molecular flexibility index (Phi) is 1.05. The van der Waals surface area contributed by atoms with E-state index in [0.717, 1.165) is 19.3 Å². The summed E-state index contributed by atoms with van der Waals surface area (Å²) in [4.78, 5) is 22.4. The molecule has 1 heterocycles. The van der Waals surface area contributed by atoms with Crippen molar-refractivity contribution in [2.75, 3.05) is 0 Å². The fraction of sp³-hybridized carbons (Fsp3) is 0.778. The van der Waals surface area contributed by atoms with E-state index in [1.54, 1.807) is 0 Å². The predicted molar refractivity (Wildman–Crippen MR) is 38.9 cm³/mol. The second-order valence-electron chi connectivity index (χ2n) is 4.12. The zero-order chi connectivity index (χ0) is 8.29. The van der Waals surface area contributed by atoms with Gasteiger partial charge in [-0.05, 0) is 31.1 Å². The molecule has 0 radical (unpaired) electrons. The van der Waals surface area contributed by atoms with Crippen LogP contribution in [-0.2, 0) is 14.3 Å². The Morgan fingerprint density at radius 1 is 1.00 bits per heavy atom. The van der Waals surface area contributed by atoms with Crippen LogP contribution in [0.25, 0.3) is 0 Å². The SMILES string of the molecule is O=C1OC(=O)[C@H]2[C@H]3CC[C@@H](C3)[C@@H]12. The average Bonchev–Trinajstić information content (AvgIpc) is 2.64. The number of ether oxygens (including phenoxy) is 1. The highest BCUT2D eigenvalue weighted by molar-refractivity contribution is 5.97. The lowest BCUT2D eigenvalue weighted by atomic mass is 9.81. The summed E-state index contributed by atoms with van der Waals surface area (Å²) in [5.41, 5.74) is 0. The first kappa shape index (κ1) is 6.63. The van der Waals surface area contributed by atoms with Gasteiger partial charge in [0.15, 0.2) is 0 Å². The molecule has 0 N–H and O–H groups in total. The summed E-state index contributed by atoms with van der Waals surface area (Å²) in [7, 11) is 0. The number of carbonyl (C=O) groups excluding carboxylic acids is 2. The minimum atomic E-state index is -0.253. The normalized spacial score (nSPS) is 49.7. The fourth-order valence-electron chi connectivity index (χ4n) is 3.20. The molecule has 2 aliphatic carbocycles. The summed E-state index contributed by atoms with van der Waals surface area (Å²) in [5.74, 6) is 0.291. The molecule has 64 valence electrons. The Hall–Kier alpha value is -0.860. The number of carbonyl (C=O) groups is 2. The van der Waals surface area contributed by atoms with E-state index in [9.17, 15) is 9.59 Å². The Labute approximate surface area is 70.1 Å². The maximum Gasteiger partial charge on any atom is 0.317 e.